The first-order valence-electron chi connectivity index (χ1n) is 5.49. The molecule has 1 aliphatic carbocycles. The first-order chi connectivity index (χ1) is 6.69. The number of nitrogens with zero attached hydrogens (tertiary/aromatic N) is 1. The van der Waals surface area contributed by atoms with E-state index >= 15 is 0 Å². The van der Waals surface area contributed by atoms with Gasteiger partial charge in [-0.3, -0.25) is 0 Å². The summed E-state index contributed by atoms with van der Waals surface area (Å²) in [5, 5.41) is 0. The molecule has 0 heterocycles. The minimum Gasteiger partial charge on any atom is -0.375 e. The molecular weight excluding hydrogens is 170 g/mol. The van der Waals surface area contributed by atoms with E-state index in [0.717, 1.165) is 19.5 Å². The fourth-order valence-electron chi connectivity index (χ4n) is 1.88. The van der Waals surface area contributed by atoms with Gasteiger partial charge in [-0.15, -0.1) is 0 Å². The fraction of sp³-hybridized carbons (Fsp3) is 0.538. The summed E-state index contributed by atoms with van der Waals surface area (Å²) in [4.78, 5) is 2.42. The van der Waals surface area contributed by atoms with Crippen molar-refractivity contribution < 1.29 is 0 Å². The molecule has 1 nitrogen and oxygen atoms in total. The molecule has 0 radical (unpaired) electrons. The average Bonchev–Trinajstić information content (AvgIpc) is 2.20. The van der Waals surface area contributed by atoms with Crippen molar-refractivity contribution >= 4 is 0 Å². The lowest BCUT2D eigenvalue weighted by molar-refractivity contribution is 0.366. The zero-order valence-corrected chi connectivity index (χ0v) is 9.64. The molecule has 0 aromatic rings. The van der Waals surface area contributed by atoms with Gasteiger partial charge in [0.25, 0.3) is 0 Å². The first-order valence-corrected chi connectivity index (χ1v) is 5.49. The Hall–Kier alpha value is -0.980. The van der Waals surface area contributed by atoms with Gasteiger partial charge in [0, 0.05) is 18.8 Å². The Morgan fingerprint density at radius 2 is 1.93 bits per heavy atom. The van der Waals surface area contributed by atoms with Gasteiger partial charge in [0.1, 0.15) is 0 Å². The molecule has 0 N–H and O–H groups in total. The van der Waals surface area contributed by atoms with Crippen LogP contribution in [0.2, 0.25) is 0 Å². The van der Waals surface area contributed by atoms with E-state index < -0.39 is 0 Å². The Bertz CT molecular complexity index is 267. The van der Waals surface area contributed by atoms with E-state index in [1.807, 2.05) is 0 Å². The lowest BCUT2D eigenvalue weighted by Gasteiger charge is -2.26. The third-order valence-corrected chi connectivity index (χ3v) is 2.85. The van der Waals surface area contributed by atoms with Gasteiger partial charge < -0.3 is 4.90 Å². The molecule has 0 fully saturated rings. The van der Waals surface area contributed by atoms with Crippen LogP contribution in [0.4, 0.5) is 0 Å². The number of rotatable bonds is 4. The quantitative estimate of drug-likeness (QED) is 0.657. The van der Waals surface area contributed by atoms with Gasteiger partial charge in [-0.05, 0) is 45.3 Å². The van der Waals surface area contributed by atoms with Crippen LogP contribution >= 0.6 is 0 Å². The number of hydrogen-bond acceptors (Lipinski definition) is 1. The maximum atomic E-state index is 3.98. The first kappa shape index (κ1) is 11.1. The second kappa shape index (κ2) is 5.04. The average molecular weight is 191 g/mol. The molecule has 0 aromatic carbocycles. The van der Waals surface area contributed by atoms with Crippen LogP contribution in [0.25, 0.3) is 0 Å². The molecule has 0 unspecified atom stereocenters. The van der Waals surface area contributed by atoms with Gasteiger partial charge in [-0.25, -0.2) is 0 Å². The SMILES string of the molecule is C=C(C)C1=CC=C(N(CC)CC)CC1. The van der Waals surface area contributed by atoms with E-state index in [4.69, 9.17) is 0 Å². The fourth-order valence-corrected chi connectivity index (χ4v) is 1.88. The molecule has 0 saturated heterocycles. The van der Waals surface area contributed by atoms with Crippen LogP contribution in [0.3, 0.4) is 0 Å². The van der Waals surface area contributed by atoms with Crippen molar-refractivity contribution in [3.63, 3.8) is 0 Å². The zero-order valence-electron chi connectivity index (χ0n) is 9.64. The summed E-state index contributed by atoms with van der Waals surface area (Å²) in [6, 6.07) is 0. The molecule has 0 atom stereocenters. The number of allylic oxidation sites excluding steroid dienone is 5. The molecule has 0 aliphatic heterocycles. The van der Waals surface area contributed by atoms with Gasteiger partial charge in [-0.2, -0.15) is 0 Å². The zero-order chi connectivity index (χ0) is 10.6. The van der Waals surface area contributed by atoms with Crippen LogP contribution in [0, 0.1) is 0 Å². The van der Waals surface area contributed by atoms with Gasteiger partial charge in [0.15, 0.2) is 0 Å². The number of hydrogen-bond donors (Lipinski definition) is 0. The highest BCUT2D eigenvalue weighted by Gasteiger charge is 2.10. The Balaban J connectivity index is 2.72. The smallest absolute Gasteiger partial charge is 0.0146 e. The van der Waals surface area contributed by atoms with Crippen LogP contribution in [-0.2, 0) is 0 Å². The molecule has 0 aromatic heterocycles. The van der Waals surface area contributed by atoms with E-state index in [1.165, 1.54) is 23.3 Å². The summed E-state index contributed by atoms with van der Waals surface area (Å²) in [5.74, 6) is 0. The van der Waals surface area contributed by atoms with Gasteiger partial charge in [-0.1, -0.05) is 18.2 Å². The molecular formula is C13H21N. The Morgan fingerprint density at radius 3 is 2.29 bits per heavy atom. The Labute approximate surface area is 87.8 Å². The van der Waals surface area contributed by atoms with Crippen molar-refractivity contribution in [1.29, 1.82) is 0 Å². The molecule has 0 spiro atoms. The standard InChI is InChI=1S/C13H21N/c1-5-14(6-2)13-9-7-12(8-10-13)11(3)4/h7,9H,3,5-6,8,10H2,1-2,4H3. The van der Waals surface area contributed by atoms with Gasteiger partial charge in [0.05, 0.1) is 0 Å². The molecule has 78 valence electrons. The van der Waals surface area contributed by atoms with Crippen LogP contribution in [0.15, 0.2) is 35.6 Å². The predicted octanol–water partition coefficient (Wildman–Crippen LogP) is 3.51. The van der Waals surface area contributed by atoms with Crippen LogP contribution in [-0.4, -0.2) is 18.0 Å². The summed E-state index contributed by atoms with van der Waals surface area (Å²) in [7, 11) is 0. The van der Waals surface area contributed by atoms with Gasteiger partial charge >= 0.3 is 0 Å². The molecule has 1 aliphatic rings. The normalized spacial score (nSPS) is 15.9. The molecule has 0 bridgehead atoms. The highest BCUT2D eigenvalue weighted by atomic mass is 15.1. The second-order valence-corrected chi connectivity index (χ2v) is 3.80. The maximum absolute atomic E-state index is 3.98. The monoisotopic (exact) mass is 191 g/mol. The van der Waals surface area contributed by atoms with Crippen molar-refractivity contribution in [2.45, 2.75) is 33.6 Å². The molecule has 0 saturated carbocycles. The van der Waals surface area contributed by atoms with E-state index in [2.05, 4.69) is 44.4 Å². The van der Waals surface area contributed by atoms with Gasteiger partial charge in [0.2, 0.25) is 0 Å². The van der Waals surface area contributed by atoms with Crippen molar-refractivity contribution in [2.75, 3.05) is 13.1 Å². The highest BCUT2D eigenvalue weighted by Crippen LogP contribution is 2.24. The summed E-state index contributed by atoms with van der Waals surface area (Å²) in [6.45, 7) is 12.7. The molecule has 1 rings (SSSR count). The Morgan fingerprint density at radius 1 is 1.29 bits per heavy atom. The minimum atomic E-state index is 1.11. The largest absolute Gasteiger partial charge is 0.375 e. The Kier molecular flexibility index (Phi) is 3.99. The summed E-state index contributed by atoms with van der Waals surface area (Å²) in [6.07, 6.45) is 6.79. The second-order valence-electron chi connectivity index (χ2n) is 3.80. The summed E-state index contributed by atoms with van der Waals surface area (Å²) >= 11 is 0. The summed E-state index contributed by atoms with van der Waals surface area (Å²) in [5.41, 5.74) is 4.08. The van der Waals surface area contributed by atoms with Crippen LogP contribution in [0.5, 0.6) is 0 Å². The minimum absolute atomic E-state index is 1.11. The molecule has 1 heteroatoms. The third kappa shape index (κ3) is 2.50. The lowest BCUT2D eigenvalue weighted by atomic mass is 9.97. The molecule has 0 amide bonds. The predicted molar refractivity (Wildman–Crippen MR) is 63.1 cm³/mol. The highest BCUT2D eigenvalue weighted by molar-refractivity contribution is 5.34. The topological polar surface area (TPSA) is 3.24 Å². The summed E-state index contributed by atoms with van der Waals surface area (Å²) < 4.78 is 0. The van der Waals surface area contributed by atoms with Crippen LogP contribution in [0.1, 0.15) is 33.6 Å². The molecule has 14 heavy (non-hydrogen) atoms. The van der Waals surface area contributed by atoms with E-state index in [-0.39, 0.29) is 0 Å². The van der Waals surface area contributed by atoms with Crippen LogP contribution < -0.4 is 0 Å². The van der Waals surface area contributed by atoms with Crippen molar-refractivity contribution in [3.8, 4) is 0 Å². The van der Waals surface area contributed by atoms with E-state index in [0.29, 0.717) is 0 Å². The third-order valence-electron chi connectivity index (χ3n) is 2.85. The maximum Gasteiger partial charge on any atom is 0.0146 e. The van der Waals surface area contributed by atoms with Crippen molar-refractivity contribution in [3.05, 3.63) is 35.6 Å². The van der Waals surface area contributed by atoms with Crippen molar-refractivity contribution in [2.24, 2.45) is 0 Å². The van der Waals surface area contributed by atoms with E-state index in [1.54, 1.807) is 0 Å². The van der Waals surface area contributed by atoms with E-state index in [9.17, 15) is 0 Å². The van der Waals surface area contributed by atoms with Crippen molar-refractivity contribution in [1.82, 2.24) is 4.90 Å². The lowest BCUT2D eigenvalue weighted by Crippen LogP contribution is -2.23.